The summed E-state index contributed by atoms with van der Waals surface area (Å²) >= 11 is 0. The number of aryl methyl sites for hydroxylation is 1. The van der Waals surface area contributed by atoms with Gasteiger partial charge in [-0.15, -0.1) is 0 Å². The molecular formula is C24H32N2O4. The fourth-order valence-corrected chi connectivity index (χ4v) is 3.47. The molecule has 0 aliphatic carbocycles. The van der Waals surface area contributed by atoms with Gasteiger partial charge in [0.25, 0.3) is 5.91 Å². The number of benzene rings is 2. The van der Waals surface area contributed by atoms with Crippen LogP contribution < -0.4 is 14.8 Å². The van der Waals surface area contributed by atoms with E-state index >= 15 is 0 Å². The van der Waals surface area contributed by atoms with Crippen molar-refractivity contribution in [2.24, 2.45) is 0 Å². The van der Waals surface area contributed by atoms with E-state index in [0.29, 0.717) is 24.9 Å². The summed E-state index contributed by atoms with van der Waals surface area (Å²) in [6.45, 7) is 5.63. The Morgan fingerprint density at radius 3 is 2.60 bits per heavy atom. The van der Waals surface area contributed by atoms with Gasteiger partial charge in [0.05, 0.1) is 0 Å². The minimum absolute atomic E-state index is 0.00180. The van der Waals surface area contributed by atoms with Crippen LogP contribution in [0, 0.1) is 6.92 Å². The highest BCUT2D eigenvalue weighted by Crippen LogP contribution is 2.15. The van der Waals surface area contributed by atoms with E-state index in [9.17, 15) is 4.79 Å². The molecule has 162 valence electrons. The Morgan fingerprint density at radius 2 is 1.83 bits per heavy atom. The van der Waals surface area contributed by atoms with Crippen molar-refractivity contribution in [3.8, 4) is 11.5 Å². The topological polar surface area (TPSA) is 60.0 Å². The molecule has 0 radical (unpaired) electrons. The second kappa shape index (κ2) is 11.6. The molecule has 1 aliphatic rings. The third kappa shape index (κ3) is 7.35. The maximum absolute atomic E-state index is 12.1. The maximum atomic E-state index is 12.1. The van der Waals surface area contributed by atoms with Crippen LogP contribution in [0.5, 0.6) is 11.5 Å². The van der Waals surface area contributed by atoms with Crippen molar-refractivity contribution < 1.29 is 19.0 Å². The van der Waals surface area contributed by atoms with Gasteiger partial charge in [-0.25, -0.2) is 0 Å². The first-order valence-electron chi connectivity index (χ1n) is 10.6. The standard InChI is InChI=1S/C24H32N2O4/c1-19-5-3-7-22(15-19)30-18-24(27)25-17-20-6-4-8-23(16-20)29-14-11-26(2)21-9-12-28-13-10-21/h3-8,15-16,21H,9-14,17-18H2,1-2H3,(H,25,27). The molecule has 0 aromatic heterocycles. The van der Waals surface area contributed by atoms with E-state index in [-0.39, 0.29) is 12.5 Å². The molecule has 6 heteroatoms. The van der Waals surface area contributed by atoms with Gasteiger partial charge in [-0.05, 0) is 62.2 Å². The molecule has 2 aromatic rings. The predicted octanol–water partition coefficient (Wildman–Crippen LogP) is 3.18. The lowest BCUT2D eigenvalue weighted by Crippen LogP contribution is -2.38. The van der Waals surface area contributed by atoms with Crippen LogP contribution in [0.3, 0.4) is 0 Å². The Balaban J connectivity index is 1.37. The Bertz CT molecular complexity index is 805. The molecular weight excluding hydrogens is 380 g/mol. The molecule has 0 saturated carbocycles. The summed E-state index contributed by atoms with van der Waals surface area (Å²) in [5.41, 5.74) is 2.10. The lowest BCUT2D eigenvalue weighted by Gasteiger charge is -2.31. The maximum Gasteiger partial charge on any atom is 0.258 e. The molecule has 0 unspecified atom stereocenters. The van der Waals surface area contributed by atoms with Crippen molar-refractivity contribution in [1.82, 2.24) is 10.2 Å². The molecule has 1 heterocycles. The molecule has 0 spiro atoms. The molecule has 1 N–H and O–H groups in total. The zero-order valence-electron chi connectivity index (χ0n) is 17.9. The highest BCUT2D eigenvalue weighted by molar-refractivity contribution is 5.77. The average molecular weight is 413 g/mol. The van der Waals surface area contributed by atoms with Gasteiger partial charge in [0, 0.05) is 32.3 Å². The van der Waals surface area contributed by atoms with Crippen molar-refractivity contribution in [3.05, 3.63) is 59.7 Å². The average Bonchev–Trinajstić information content (AvgIpc) is 2.77. The van der Waals surface area contributed by atoms with E-state index in [0.717, 1.165) is 49.5 Å². The largest absolute Gasteiger partial charge is 0.492 e. The third-order valence-electron chi connectivity index (χ3n) is 5.27. The van der Waals surface area contributed by atoms with Crippen LogP contribution >= 0.6 is 0 Å². The van der Waals surface area contributed by atoms with Gasteiger partial charge in [-0.1, -0.05) is 24.3 Å². The lowest BCUT2D eigenvalue weighted by atomic mass is 10.1. The summed E-state index contributed by atoms with van der Waals surface area (Å²) in [5, 5.41) is 2.89. The monoisotopic (exact) mass is 412 g/mol. The highest BCUT2D eigenvalue weighted by Gasteiger charge is 2.17. The number of carbonyl (C=O) groups excluding carboxylic acids is 1. The number of rotatable bonds is 10. The minimum Gasteiger partial charge on any atom is -0.492 e. The quantitative estimate of drug-likeness (QED) is 0.650. The van der Waals surface area contributed by atoms with Crippen molar-refractivity contribution >= 4 is 5.91 Å². The Hall–Kier alpha value is -2.57. The van der Waals surface area contributed by atoms with Gasteiger partial charge in [-0.3, -0.25) is 9.69 Å². The number of nitrogens with one attached hydrogen (secondary N) is 1. The van der Waals surface area contributed by atoms with Crippen LogP contribution in [0.15, 0.2) is 48.5 Å². The second-order valence-corrected chi connectivity index (χ2v) is 7.70. The van der Waals surface area contributed by atoms with E-state index in [2.05, 4.69) is 17.3 Å². The SMILES string of the molecule is Cc1cccc(OCC(=O)NCc2cccc(OCCN(C)C3CCOCC3)c2)c1. The zero-order valence-corrected chi connectivity index (χ0v) is 17.9. The van der Waals surface area contributed by atoms with Gasteiger partial charge < -0.3 is 19.5 Å². The Morgan fingerprint density at radius 1 is 1.10 bits per heavy atom. The van der Waals surface area contributed by atoms with Crippen molar-refractivity contribution in [2.45, 2.75) is 32.4 Å². The number of carbonyl (C=O) groups is 1. The molecule has 6 nitrogen and oxygen atoms in total. The number of nitrogens with zero attached hydrogens (tertiary/aromatic N) is 1. The molecule has 1 saturated heterocycles. The smallest absolute Gasteiger partial charge is 0.258 e. The minimum atomic E-state index is -0.152. The normalized spacial score (nSPS) is 14.5. The highest BCUT2D eigenvalue weighted by atomic mass is 16.5. The van der Waals surface area contributed by atoms with E-state index in [1.165, 1.54) is 0 Å². The van der Waals surface area contributed by atoms with Crippen LogP contribution in [0.25, 0.3) is 0 Å². The van der Waals surface area contributed by atoms with Crippen LogP contribution in [-0.2, 0) is 16.1 Å². The van der Waals surface area contributed by atoms with Gasteiger partial charge in [-0.2, -0.15) is 0 Å². The van der Waals surface area contributed by atoms with Crippen LogP contribution in [-0.4, -0.2) is 56.9 Å². The first-order valence-corrected chi connectivity index (χ1v) is 10.6. The Labute approximate surface area is 179 Å². The van der Waals surface area contributed by atoms with E-state index < -0.39 is 0 Å². The van der Waals surface area contributed by atoms with E-state index in [4.69, 9.17) is 14.2 Å². The number of hydrogen-bond acceptors (Lipinski definition) is 5. The molecule has 30 heavy (non-hydrogen) atoms. The fourth-order valence-electron chi connectivity index (χ4n) is 3.47. The summed E-state index contributed by atoms with van der Waals surface area (Å²) in [4.78, 5) is 14.4. The first-order chi connectivity index (χ1) is 14.6. The van der Waals surface area contributed by atoms with Crippen molar-refractivity contribution in [1.29, 1.82) is 0 Å². The number of hydrogen-bond donors (Lipinski definition) is 1. The van der Waals surface area contributed by atoms with Crippen molar-refractivity contribution in [2.75, 3.05) is 40.0 Å². The molecule has 1 aliphatic heterocycles. The van der Waals surface area contributed by atoms with Crippen LogP contribution in [0.1, 0.15) is 24.0 Å². The van der Waals surface area contributed by atoms with Gasteiger partial charge in [0.15, 0.2) is 6.61 Å². The Kier molecular flexibility index (Phi) is 8.53. The molecule has 0 bridgehead atoms. The molecule has 1 amide bonds. The summed E-state index contributed by atoms with van der Waals surface area (Å²) in [6, 6.07) is 16.1. The summed E-state index contributed by atoms with van der Waals surface area (Å²) in [5.74, 6) is 1.37. The summed E-state index contributed by atoms with van der Waals surface area (Å²) in [7, 11) is 2.14. The first kappa shape index (κ1) is 22.1. The molecule has 0 atom stereocenters. The number of amides is 1. The van der Waals surface area contributed by atoms with Crippen LogP contribution in [0.4, 0.5) is 0 Å². The molecule has 1 fully saturated rings. The fraction of sp³-hybridized carbons (Fsp3) is 0.458. The van der Waals surface area contributed by atoms with Crippen LogP contribution in [0.2, 0.25) is 0 Å². The summed E-state index contributed by atoms with van der Waals surface area (Å²) in [6.07, 6.45) is 2.17. The van der Waals surface area contributed by atoms with Gasteiger partial charge >= 0.3 is 0 Å². The van der Waals surface area contributed by atoms with Crippen molar-refractivity contribution in [3.63, 3.8) is 0 Å². The third-order valence-corrected chi connectivity index (χ3v) is 5.27. The van der Waals surface area contributed by atoms with Gasteiger partial charge in [0.1, 0.15) is 18.1 Å². The second-order valence-electron chi connectivity index (χ2n) is 7.70. The predicted molar refractivity (Wildman–Crippen MR) is 117 cm³/mol. The van der Waals surface area contributed by atoms with E-state index in [1.54, 1.807) is 0 Å². The van der Waals surface area contributed by atoms with E-state index in [1.807, 2.05) is 55.5 Å². The lowest BCUT2D eigenvalue weighted by molar-refractivity contribution is -0.123. The molecule has 3 rings (SSSR count). The number of ether oxygens (including phenoxy) is 3. The number of likely N-dealkylation sites (N-methyl/N-ethyl adjacent to an activating group) is 1. The summed E-state index contributed by atoms with van der Waals surface area (Å²) < 4.78 is 16.9. The van der Waals surface area contributed by atoms with Gasteiger partial charge in [0.2, 0.25) is 0 Å². The zero-order chi connectivity index (χ0) is 21.2. The molecule has 2 aromatic carbocycles.